The van der Waals surface area contributed by atoms with Gasteiger partial charge in [0.2, 0.25) is 0 Å². The van der Waals surface area contributed by atoms with E-state index in [0.717, 1.165) is 12.8 Å². The molecule has 0 heterocycles. The van der Waals surface area contributed by atoms with Crippen LogP contribution in [0.3, 0.4) is 0 Å². The molecule has 10 heteroatoms. The number of halogens is 2. The molecule has 5 unspecified atom stereocenters. The normalized spacial score (nSPS) is 40.5. The van der Waals surface area contributed by atoms with Crippen molar-refractivity contribution in [1.29, 1.82) is 0 Å². The molecule has 5 atom stereocenters. The lowest BCUT2D eigenvalue weighted by atomic mass is 9.80. The zero-order chi connectivity index (χ0) is 18.0. The Balaban J connectivity index is 1.66. The first kappa shape index (κ1) is 18.0. The van der Waals surface area contributed by atoms with Gasteiger partial charge in [0.1, 0.15) is 12.9 Å². The maximum atomic E-state index is 13.4. The Labute approximate surface area is 138 Å². The van der Waals surface area contributed by atoms with Crippen LogP contribution in [0.1, 0.15) is 26.2 Å². The molecule has 24 heavy (non-hydrogen) atoms. The Morgan fingerprint density at radius 3 is 2.62 bits per heavy atom. The molecule has 1 spiro atoms. The second kappa shape index (κ2) is 5.33. The number of hydrogen-bond acceptors (Lipinski definition) is 6. The number of methoxy groups -OCH3 is 1. The summed E-state index contributed by atoms with van der Waals surface area (Å²) in [6, 6.07) is 0. The smallest absolute Gasteiger partial charge is 0.456 e. The summed E-state index contributed by atoms with van der Waals surface area (Å²) >= 11 is 0. The van der Waals surface area contributed by atoms with E-state index < -0.39 is 27.4 Å². The number of carbonyl (C=O) groups is 1. The van der Waals surface area contributed by atoms with Gasteiger partial charge in [-0.3, -0.25) is 4.55 Å². The third-order valence-electron chi connectivity index (χ3n) is 5.77. The molecule has 7 nitrogen and oxygen atoms in total. The minimum Gasteiger partial charge on any atom is -0.456 e. The number of carbonyl (C=O) groups excluding carboxylic acids is 1. The molecule has 0 aromatic heterocycles. The molecule has 0 radical (unpaired) electrons. The standard InChI is InChI=1S/C14H20F2O7S/c1-8-3-12(6-22-7-21-2)5-13(12)4-9(13)10(8)23-11(17)14(15,16)24(18,19)20/h8-10H,3-7H2,1-2H3,(H,18,19,20). The van der Waals surface area contributed by atoms with Crippen molar-refractivity contribution >= 4 is 16.1 Å². The Bertz CT molecular complexity index is 652. The molecule has 3 fully saturated rings. The fourth-order valence-electron chi connectivity index (χ4n) is 4.61. The molecule has 0 aliphatic heterocycles. The lowest BCUT2D eigenvalue weighted by Gasteiger charge is -2.33. The Morgan fingerprint density at radius 2 is 2.04 bits per heavy atom. The van der Waals surface area contributed by atoms with E-state index in [1.807, 2.05) is 0 Å². The second-order valence-corrected chi connectivity index (χ2v) is 8.68. The average molecular weight is 370 g/mol. The molecule has 0 bridgehead atoms. The van der Waals surface area contributed by atoms with E-state index in [2.05, 4.69) is 0 Å². The molecule has 1 N–H and O–H groups in total. The predicted octanol–water partition coefficient (Wildman–Crippen LogP) is 1.44. The van der Waals surface area contributed by atoms with Gasteiger partial charge in [0.15, 0.2) is 0 Å². The van der Waals surface area contributed by atoms with Crippen LogP contribution in [0.5, 0.6) is 0 Å². The topological polar surface area (TPSA) is 99.1 Å². The summed E-state index contributed by atoms with van der Waals surface area (Å²) in [5.74, 6) is -2.50. The molecule has 0 aromatic rings. The summed E-state index contributed by atoms with van der Waals surface area (Å²) < 4.78 is 71.7. The molecule has 0 aromatic carbocycles. The molecular formula is C14H20F2O7S. The maximum Gasteiger partial charge on any atom is 0.465 e. The van der Waals surface area contributed by atoms with Crippen LogP contribution in [0, 0.1) is 22.7 Å². The van der Waals surface area contributed by atoms with Crippen LogP contribution in [0.15, 0.2) is 0 Å². The number of esters is 1. The van der Waals surface area contributed by atoms with Gasteiger partial charge in [-0.1, -0.05) is 6.92 Å². The van der Waals surface area contributed by atoms with Gasteiger partial charge in [0.05, 0.1) is 6.61 Å². The summed E-state index contributed by atoms with van der Waals surface area (Å²) in [6.45, 7) is 2.46. The number of alkyl halides is 2. The Hall–Kier alpha value is -0.840. The van der Waals surface area contributed by atoms with Crippen LogP contribution in [-0.2, 0) is 29.1 Å². The van der Waals surface area contributed by atoms with Crippen molar-refractivity contribution in [3.63, 3.8) is 0 Å². The molecule has 3 aliphatic rings. The first-order valence-corrected chi connectivity index (χ1v) is 9.07. The number of hydrogen-bond donors (Lipinski definition) is 1. The van der Waals surface area contributed by atoms with Crippen molar-refractivity contribution in [2.24, 2.45) is 22.7 Å². The average Bonchev–Trinajstić information content (AvgIpc) is 3.32. The summed E-state index contributed by atoms with van der Waals surface area (Å²) in [5, 5.41) is -4.95. The molecule has 3 aliphatic carbocycles. The van der Waals surface area contributed by atoms with Gasteiger partial charge in [-0.05, 0) is 30.6 Å². The molecule has 0 amide bonds. The van der Waals surface area contributed by atoms with E-state index in [-0.39, 0.29) is 29.5 Å². The van der Waals surface area contributed by atoms with Crippen molar-refractivity contribution in [2.75, 3.05) is 20.5 Å². The fourth-order valence-corrected chi connectivity index (χ4v) is 4.87. The van der Waals surface area contributed by atoms with Gasteiger partial charge in [0.25, 0.3) is 0 Å². The zero-order valence-electron chi connectivity index (χ0n) is 13.3. The quantitative estimate of drug-likeness (QED) is 0.313. The Morgan fingerprint density at radius 1 is 1.38 bits per heavy atom. The van der Waals surface area contributed by atoms with E-state index in [9.17, 15) is 22.0 Å². The highest BCUT2D eigenvalue weighted by atomic mass is 32.2. The molecular weight excluding hydrogens is 350 g/mol. The van der Waals surface area contributed by atoms with Gasteiger partial charge < -0.3 is 14.2 Å². The van der Waals surface area contributed by atoms with Gasteiger partial charge in [0, 0.05) is 18.4 Å². The van der Waals surface area contributed by atoms with Gasteiger partial charge >= 0.3 is 21.3 Å². The number of ether oxygens (including phenoxy) is 3. The van der Waals surface area contributed by atoms with Crippen LogP contribution in [0.2, 0.25) is 0 Å². The molecule has 3 rings (SSSR count). The summed E-state index contributed by atoms with van der Waals surface area (Å²) in [5.41, 5.74) is -0.102. The largest absolute Gasteiger partial charge is 0.465 e. The molecule has 3 saturated carbocycles. The SMILES string of the molecule is COCOCC12CC(C)C(OC(=O)C(F)(F)S(=O)(=O)O)C3CC31C2. The van der Waals surface area contributed by atoms with Crippen LogP contribution >= 0.6 is 0 Å². The highest BCUT2D eigenvalue weighted by Gasteiger charge is 2.84. The van der Waals surface area contributed by atoms with Crippen LogP contribution in [0.4, 0.5) is 8.78 Å². The summed E-state index contributed by atoms with van der Waals surface area (Å²) in [6.07, 6.45) is 1.48. The fraction of sp³-hybridized carbons (Fsp3) is 0.929. The van der Waals surface area contributed by atoms with Crippen molar-refractivity contribution in [3.05, 3.63) is 0 Å². The minimum absolute atomic E-state index is 0.0376. The monoisotopic (exact) mass is 370 g/mol. The van der Waals surface area contributed by atoms with Crippen molar-refractivity contribution < 1.29 is 40.8 Å². The highest BCUT2D eigenvalue weighted by Crippen LogP contribution is 2.87. The van der Waals surface area contributed by atoms with Gasteiger partial charge in [-0.2, -0.15) is 17.2 Å². The van der Waals surface area contributed by atoms with Crippen molar-refractivity contribution in [2.45, 2.75) is 37.5 Å². The Kier molecular flexibility index (Phi) is 3.99. The predicted molar refractivity (Wildman–Crippen MR) is 75.6 cm³/mol. The minimum atomic E-state index is -5.85. The van der Waals surface area contributed by atoms with E-state index in [1.165, 1.54) is 7.11 Å². The first-order valence-electron chi connectivity index (χ1n) is 7.63. The van der Waals surface area contributed by atoms with Crippen molar-refractivity contribution in [1.82, 2.24) is 0 Å². The van der Waals surface area contributed by atoms with Crippen LogP contribution < -0.4 is 0 Å². The highest BCUT2D eigenvalue weighted by molar-refractivity contribution is 7.87. The third kappa shape index (κ3) is 2.46. The summed E-state index contributed by atoms with van der Waals surface area (Å²) in [4.78, 5) is 11.5. The first-order chi connectivity index (χ1) is 11.0. The van der Waals surface area contributed by atoms with E-state index >= 15 is 0 Å². The van der Waals surface area contributed by atoms with E-state index in [0.29, 0.717) is 13.0 Å². The maximum absolute atomic E-state index is 13.4. The van der Waals surface area contributed by atoms with Crippen molar-refractivity contribution in [3.8, 4) is 0 Å². The van der Waals surface area contributed by atoms with Crippen LogP contribution in [-0.4, -0.2) is 50.8 Å². The lowest BCUT2D eigenvalue weighted by molar-refractivity contribution is -0.173. The summed E-state index contributed by atoms with van der Waals surface area (Å²) in [7, 11) is -4.32. The van der Waals surface area contributed by atoms with Gasteiger partial charge in [-0.15, -0.1) is 0 Å². The lowest BCUT2D eigenvalue weighted by Crippen LogP contribution is -2.44. The van der Waals surface area contributed by atoms with Gasteiger partial charge in [-0.25, -0.2) is 4.79 Å². The van der Waals surface area contributed by atoms with E-state index in [4.69, 9.17) is 18.8 Å². The molecule has 0 saturated heterocycles. The third-order valence-corrected chi connectivity index (χ3v) is 6.59. The van der Waals surface area contributed by atoms with E-state index in [1.54, 1.807) is 6.92 Å². The number of rotatable bonds is 7. The zero-order valence-corrected chi connectivity index (χ0v) is 14.1. The van der Waals surface area contributed by atoms with Crippen LogP contribution in [0.25, 0.3) is 0 Å². The molecule has 138 valence electrons. The second-order valence-electron chi connectivity index (χ2n) is 7.22.